The van der Waals surface area contributed by atoms with Crippen molar-refractivity contribution in [3.8, 4) is 0 Å². The molecule has 0 saturated carbocycles. The summed E-state index contributed by atoms with van der Waals surface area (Å²) in [6.07, 6.45) is 9.56. The smallest absolute Gasteiger partial charge is 0.225 e. The molecule has 7 nitrogen and oxygen atoms in total. The number of rotatable bonds is 5. The molecule has 1 unspecified atom stereocenters. The fourth-order valence-corrected chi connectivity index (χ4v) is 2.71. The number of H-pyrrole nitrogens is 1. The Kier molecular flexibility index (Phi) is 4.62. The summed E-state index contributed by atoms with van der Waals surface area (Å²) in [6.45, 7) is 2.21. The molecule has 1 atom stereocenters. The molecule has 0 aromatic carbocycles. The van der Waals surface area contributed by atoms with E-state index in [1.54, 1.807) is 31.0 Å². The topological polar surface area (TPSA) is 86.8 Å². The lowest BCUT2D eigenvalue weighted by molar-refractivity contribution is -0.125. The summed E-state index contributed by atoms with van der Waals surface area (Å²) in [5.74, 6) is 0.817. The molecule has 2 aromatic heterocycles. The Bertz CT molecular complexity index is 585. The summed E-state index contributed by atoms with van der Waals surface area (Å²) in [5.41, 5.74) is 1.03. The van der Waals surface area contributed by atoms with E-state index in [1.165, 1.54) is 0 Å². The normalized spacial score (nSPS) is 18.2. The quantitative estimate of drug-likeness (QED) is 0.852. The number of carbonyl (C=O) groups is 1. The number of aromatic nitrogens is 4. The molecule has 0 spiro atoms. The molecule has 7 heteroatoms. The van der Waals surface area contributed by atoms with Crippen LogP contribution < -0.4 is 10.2 Å². The van der Waals surface area contributed by atoms with Crippen molar-refractivity contribution >= 4 is 11.9 Å². The van der Waals surface area contributed by atoms with Gasteiger partial charge in [0.15, 0.2) is 0 Å². The fraction of sp³-hybridized carbons (Fsp3) is 0.467. The molecule has 3 rings (SSSR count). The number of hydrogen-bond acceptors (Lipinski definition) is 5. The number of nitrogens with one attached hydrogen (secondary N) is 2. The molecule has 1 amide bonds. The van der Waals surface area contributed by atoms with Crippen LogP contribution >= 0.6 is 0 Å². The van der Waals surface area contributed by atoms with E-state index in [2.05, 4.69) is 30.2 Å². The molecule has 2 N–H and O–H groups in total. The average molecular weight is 300 g/mol. The molecular weight excluding hydrogens is 280 g/mol. The first-order valence-corrected chi connectivity index (χ1v) is 7.60. The second-order valence-corrected chi connectivity index (χ2v) is 5.45. The van der Waals surface area contributed by atoms with E-state index in [-0.39, 0.29) is 11.8 Å². The maximum absolute atomic E-state index is 12.3. The van der Waals surface area contributed by atoms with Gasteiger partial charge in [0.25, 0.3) is 0 Å². The van der Waals surface area contributed by atoms with Gasteiger partial charge < -0.3 is 15.2 Å². The third-order valence-electron chi connectivity index (χ3n) is 3.88. The van der Waals surface area contributed by atoms with E-state index in [1.807, 2.05) is 0 Å². The summed E-state index contributed by atoms with van der Waals surface area (Å²) in [4.78, 5) is 29.9. The van der Waals surface area contributed by atoms with Crippen LogP contribution in [0, 0.1) is 5.92 Å². The van der Waals surface area contributed by atoms with Crippen LogP contribution in [0.25, 0.3) is 0 Å². The molecule has 1 aliphatic heterocycles. The van der Waals surface area contributed by atoms with Gasteiger partial charge in [-0.15, -0.1) is 0 Å². The van der Waals surface area contributed by atoms with E-state index >= 15 is 0 Å². The van der Waals surface area contributed by atoms with Crippen LogP contribution in [0.15, 0.2) is 31.0 Å². The van der Waals surface area contributed by atoms with Crippen molar-refractivity contribution in [2.24, 2.45) is 5.92 Å². The molecular formula is C15H20N6O. The highest BCUT2D eigenvalue weighted by molar-refractivity contribution is 5.79. The van der Waals surface area contributed by atoms with Crippen LogP contribution in [0.5, 0.6) is 0 Å². The molecule has 0 radical (unpaired) electrons. The number of amides is 1. The van der Waals surface area contributed by atoms with Crippen molar-refractivity contribution in [2.45, 2.75) is 19.3 Å². The third-order valence-corrected chi connectivity index (χ3v) is 3.88. The van der Waals surface area contributed by atoms with Gasteiger partial charge in [0.05, 0.1) is 12.2 Å². The van der Waals surface area contributed by atoms with Crippen LogP contribution in [0.3, 0.4) is 0 Å². The van der Waals surface area contributed by atoms with E-state index in [4.69, 9.17) is 0 Å². The summed E-state index contributed by atoms with van der Waals surface area (Å²) < 4.78 is 0. The molecule has 0 aliphatic carbocycles. The zero-order valence-corrected chi connectivity index (χ0v) is 12.4. The first-order valence-electron chi connectivity index (χ1n) is 7.60. The van der Waals surface area contributed by atoms with Gasteiger partial charge in [-0.05, 0) is 18.9 Å². The minimum Gasteiger partial charge on any atom is -0.355 e. The first-order chi connectivity index (χ1) is 10.8. The van der Waals surface area contributed by atoms with E-state index < -0.39 is 0 Å². The van der Waals surface area contributed by atoms with Gasteiger partial charge in [0.1, 0.15) is 0 Å². The minimum absolute atomic E-state index is 0.000627. The Balaban J connectivity index is 1.49. The number of hydrogen-bond donors (Lipinski definition) is 2. The van der Waals surface area contributed by atoms with Gasteiger partial charge >= 0.3 is 0 Å². The monoisotopic (exact) mass is 300 g/mol. The molecule has 116 valence electrons. The van der Waals surface area contributed by atoms with Crippen LogP contribution in [0.4, 0.5) is 5.95 Å². The van der Waals surface area contributed by atoms with Gasteiger partial charge in [-0.3, -0.25) is 4.79 Å². The minimum atomic E-state index is -0.000627. The summed E-state index contributed by atoms with van der Waals surface area (Å²) in [6, 6.07) is 1.80. The Morgan fingerprint density at radius 3 is 3.05 bits per heavy atom. The van der Waals surface area contributed by atoms with E-state index in [0.717, 1.165) is 31.5 Å². The molecule has 3 heterocycles. The number of carbonyl (C=O) groups excluding carboxylic acids is 1. The molecule has 0 bridgehead atoms. The highest BCUT2D eigenvalue weighted by Gasteiger charge is 2.26. The lowest BCUT2D eigenvalue weighted by Crippen LogP contribution is -2.44. The maximum atomic E-state index is 12.3. The summed E-state index contributed by atoms with van der Waals surface area (Å²) >= 11 is 0. The maximum Gasteiger partial charge on any atom is 0.225 e. The van der Waals surface area contributed by atoms with Crippen molar-refractivity contribution in [2.75, 3.05) is 24.5 Å². The lowest BCUT2D eigenvalue weighted by atomic mass is 9.97. The molecule has 1 fully saturated rings. The van der Waals surface area contributed by atoms with Gasteiger partial charge in [0, 0.05) is 50.3 Å². The van der Waals surface area contributed by atoms with Crippen molar-refractivity contribution in [1.82, 2.24) is 25.3 Å². The van der Waals surface area contributed by atoms with Crippen molar-refractivity contribution in [1.29, 1.82) is 0 Å². The lowest BCUT2D eigenvalue weighted by Gasteiger charge is -2.31. The van der Waals surface area contributed by atoms with Crippen molar-refractivity contribution in [3.05, 3.63) is 36.7 Å². The first kappa shape index (κ1) is 14.5. The van der Waals surface area contributed by atoms with Crippen molar-refractivity contribution in [3.63, 3.8) is 0 Å². The summed E-state index contributed by atoms with van der Waals surface area (Å²) in [5, 5.41) is 3.01. The number of anilines is 1. The number of nitrogens with zero attached hydrogens (tertiary/aromatic N) is 4. The Labute approximate surface area is 129 Å². The predicted octanol–water partition coefficient (Wildman–Crippen LogP) is 0.775. The highest BCUT2D eigenvalue weighted by Crippen LogP contribution is 2.19. The molecule has 22 heavy (non-hydrogen) atoms. The van der Waals surface area contributed by atoms with Gasteiger partial charge in [0.2, 0.25) is 11.9 Å². The van der Waals surface area contributed by atoms with Gasteiger partial charge in [-0.2, -0.15) is 0 Å². The fourth-order valence-electron chi connectivity index (χ4n) is 2.71. The van der Waals surface area contributed by atoms with Crippen LogP contribution in [-0.4, -0.2) is 45.5 Å². The Morgan fingerprint density at radius 2 is 2.27 bits per heavy atom. The predicted molar refractivity (Wildman–Crippen MR) is 82.3 cm³/mol. The SMILES string of the molecule is O=C(NCCc1cnc[nH]1)C1CCCN(c2ncccn2)C1. The Hall–Kier alpha value is -2.44. The zero-order valence-electron chi connectivity index (χ0n) is 12.4. The zero-order chi connectivity index (χ0) is 15.2. The van der Waals surface area contributed by atoms with E-state index in [0.29, 0.717) is 19.0 Å². The summed E-state index contributed by atoms with van der Waals surface area (Å²) in [7, 11) is 0. The number of imidazole rings is 1. The van der Waals surface area contributed by atoms with Crippen LogP contribution in [0.1, 0.15) is 18.5 Å². The van der Waals surface area contributed by atoms with Crippen LogP contribution in [-0.2, 0) is 11.2 Å². The molecule has 2 aromatic rings. The third kappa shape index (κ3) is 3.60. The standard InChI is InChI=1S/C15H20N6O/c22-14(17-7-4-13-9-16-11-20-13)12-3-1-8-21(10-12)15-18-5-2-6-19-15/h2,5-6,9,11-12H,1,3-4,7-8,10H2,(H,16,20)(H,17,22). The molecule has 1 aliphatic rings. The highest BCUT2D eigenvalue weighted by atomic mass is 16.1. The second kappa shape index (κ2) is 7.02. The van der Waals surface area contributed by atoms with Crippen LogP contribution in [0.2, 0.25) is 0 Å². The number of piperidine rings is 1. The number of aromatic amines is 1. The Morgan fingerprint density at radius 1 is 1.41 bits per heavy atom. The average Bonchev–Trinajstić information content (AvgIpc) is 3.09. The van der Waals surface area contributed by atoms with Gasteiger partial charge in [-0.25, -0.2) is 15.0 Å². The second-order valence-electron chi connectivity index (χ2n) is 5.45. The largest absolute Gasteiger partial charge is 0.355 e. The van der Waals surface area contributed by atoms with E-state index in [9.17, 15) is 4.79 Å². The molecule has 1 saturated heterocycles. The van der Waals surface area contributed by atoms with Crippen molar-refractivity contribution < 1.29 is 4.79 Å². The van der Waals surface area contributed by atoms with Gasteiger partial charge in [-0.1, -0.05) is 0 Å².